The van der Waals surface area contributed by atoms with E-state index in [1.54, 1.807) is 6.92 Å². The van der Waals surface area contributed by atoms with Crippen molar-refractivity contribution in [3.05, 3.63) is 35.7 Å². The number of hydrogen-bond donors (Lipinski definition) is 3. The summed E-state index contributed by atoms with van der Waals surface area (Å²) in [6.45, 7) is 5.35. The third-order valence-electron chi connectivity index (χ3n) is 5.41. The number of halogens is 1. The number of amides is 2. The fourth-order valence-corrected chi connectivity index (χ4v) is 4.57. The van der Waals surface area contributed by atoms with E-state index in [1.165, 1.54) is 32.3 Å². The van der Waals surface area contributed by atoms with Gasteiger partial charge in [0.1, 0.15) is 11.4 Å². The monoisotopic (exact) mass is 552 g/mol. The Bertz CT molecular complexity index is 1300. The molecule has 3 aromatic rings. The largest absolute Gasteiger partial charge is 1.00 e. The number of phosphoric ester groups is 1. The molecule has 16 heteroatoms. The van der Waals surface area contributed by atoms with Crippen LogP contribution in [0.5, 0.6) is 0 Å². The zero-order valence-electron chi connectivity index (χ0n) is 21.3. The number of nitrogens with one attached hydrogen (secondary N) is 3. The number of aromatic nitrogens is 4. The van der Waals surface area contributed by atoms with E-state index >= 15 is 4.39 Å². The molecule has 1 aromatic carbocycles. The maximum absolute atomic E-state index is 15.9. The second-order valence-corrected chi connectivity index (χ2v) is 9.54. The molecule has 0 spiro atoms. The summed E-state index contributed by atoms with van der Waals surface area (Å²) in [4.78, 5) is 49.6. The van der Waals surface area contributed by atoms with Gasteiger partial charge in [-0.05, 0) is 39.7 Å². The molecule has 0 aliphatic carbocycles. The first kappa shape index (κ1) is 32.3. The molecule has 0 saturated carbocycles. The number of benzene rings is 1. The van der Waals surface area contributed by atoms with Gasteiger partial charge in [0.2, 0.25) is 5.95 Å². The van der Waals surface area contributed by atoms with Crippen molar-refractivity contribution in [2.24, 2.45) is 0 Å². The first-order valence-corrected chi connectivity index (χ1v) is 12.4. The molecule has 0 bridgehead atoms. The van der Waals surface area contributed by atoms with Gasteiger partial charge in [0.15, 0.2) is 5.82 Å². The zero-order valence-corrected chi connectivity index (χ0v) is 26.1. The zero-order chi connectivity index (χ0) is 25.4. The van der Waals surface area contributed by atoms with Crippen molar-refractivity contribution in [1.29, 1.82) is 0 Å². The Kier molecular flexibility index (Phi) is 11.3. The molecule has 0 unspecified atom stereocenters. The van der Waals surface area contributed by atoms with E-state index < -0.39 is 31.4 Å². The van der Waals surface area contributed by atoms with Crippen LogP contribution in [0.2, 0.25) is 0 Å². The van der Waals surface area contributed by atoms with Gasteiger partial charge in [0.05, 0.1) is 25.0 Å². The average molecular weight is 552 g/mol. The van der Waals surface area contributed by atoms with Gasteiger partial charge in [-0.1, -0.05) is 0 Å². The minimum Gasteiger partial charge on any atom is -0.790 e. The van der Waals surface area contributed by atoms with E-state index in [0.717, 1.165) is 6.42 Å². The number of fused-ring (bicyclic) bond motifs is 1. The van der Waals surface area contributed by atoms with Crippen LogP contribution in [-0.4, -0.2) is 39.1 Å². The molecule has 2 amide bonds. The van der Waals surface area contributed by atoms with Crippen LogP contribution in [0.1, 0.15) is 51.1 Å². The van der Waals surface area contributed by atoms with Gasteiger partial charge in [0, 0.05) is 42.2 Å². The maximum atomic E-state index is 15.9. The number of nitrogens with zero attached hydrogens (tertiary/aromatic N) is 3. The molecule has 188 valence electrons. The number of H-pyrrole nitrogens is 1. The summed E-state index contributed by atoms with van der Waals surface area (Å²) in [5.41, 5.74) is -0.111. The molecule has 1 aliphatic heterocycles. The van der Waals surface area contributed by atoms with Crippen LogP contribution in [0.4, 0.5) is 15.1 Å². The predicted octanol–water partition coefficient (Wildman–Crippen LogP) is -3.76. The predicted molar refractivity (Wildman–Crippen MR) is 119 cm³/mol. The van der Waals surface area contributed by atoms with Crippen molar-refractivity contribution < 1.29 is 91.9 Å². The topological polar surface area (TPSA) is 177 Å². The van der Waals surface area contributed by atoms with Crippen LogP contribution in [-0.2, 0) is 19.4 Å². The third-order valence-corrected chi connectivity index (χ3v) is 6.09. The van der Waals surface area contributed by atoms with E-state index in [1.807, 2.05) is 0 Å². The second-order valence-electron chi connectivity index (χ2n) is 8.46. The molecule has 37 heavy (non-hydrogen) atoms. The third kappa shape index (κ3) is 7.58. The van der Waals surface area contributed by atoms with Crippen LogP contribution in [0.25, 0.3) is 22.2 Å². The molecule has 1 fully saturated rings. The Morgan fingerprint density at radius 1 is 1.32 bits per heavy atom. The molecule has 3 heterocycles. The number of rotatable bonds is 7. The minimum atomic E-state index is -5.29. The summed E-state index contributed by atoms with van der Waals surface area (Å²) in [7, 11) is -5.29. The molecule has 2 aromatic heterocycles. The van der Waals surface area contributed by atoms with E-state index in [-0.39, 0.29) is 82.0 Å². The number of carbonyl (C=O) groups is 1. The number of hydrogen-bond acceptors (Lipinski definition) is 9. The van der Waals surface area contributed by atoms with Crippen molar-refractivity contribution >= 4 is 30.8 Å². The summed E-state index contributed by atoms with van der Waals surface area (Å²) in [5.74, 6) is -0.494. The fourth-order valence-electron chi connectivity index (χ4n) is 3.93. The number of imidazole rings is 1. The summed E-state index contributed by atoms with van der Waals surface area (Å²) in [6, 6.07) is 1.06. The standard InChI is InChI=1S/C21H26FN6O6P.2Na/c1-4-23-20(29)28-19-26-13-8-12(16(22)15(17(13)27-19)14-6-5-7-33-14)11-9-24-18(25-10-11)21(2,3)34-35(30,31)32;;/h8-10,14H,4-7H2,1-3H3,(H2,30,31,32)(H3,23,26,27,28,29);;/q;2*+1/p-2/t14-;;/m1../s1. The summed E-state index contributed by atoms with van der Waals surface area (Å²) in [6.07, 6.45) is 3.46. The van der Waals surface area contributed by atoms with E-state index in [2.05, 4.69) is 35.1 Å². The van der Waals surface area contributed by atoms with Crippen LogP contribution in [0, 0.1) is 5.82 Å². The molecule has 1 saturated heterocycles. The van der Waals surface area contributed by atoms with Gasteiger partial charge in [-0.3, -0.25) is 5.32 Å². The SMILES string of the molecule is CCNC(=O)Nc1nc2c([C@H]3CCCO3)c(F)c(-c3cnc(C(C)(C)OP(=O)([O-])[O-])nc3)cc2[nH]1.[Na+].[Na+]. The van der Waals surface area contributed by atoms with Gasteiger partial charge >= 0.3 is 65.1 Å². The first-order chi connectivity index (χ1) is 16.5. The normalized spacial score (nSPS) is 15.7. The van der Waals surface area contributed by atoms with Gasteiger partial charge in [0.25, 0.3) is 0 Å². The van der Waals surface area contributed by atoms with Crippen molar-refractivity contribution in [3.63, 3.8) is 0 Å². The molecule has 1 aliphatic rings. The van der Waals surface area contributed by atoms with E-state index in [4.69, 9.17) is 4.74 Å². The Labute approximate surface area is 256 Å². The van der Waals surface area contributed by atoms with Crippen LogP contribution < -0.4 is 79.5 Å². The Morgan fingerprint density at radius 2 is 2.00 bits per heavy atom. The summed E-state index contributed by atoms with van der Waals surface area (Å²) >= 11 is 0. The smallest absolute Gasteiger partial charge is 0.790 e. The molecular formula is C21H24FN6Na2O6P. The summed E-state index contributed by atoms with van der Waals surface area (Å²) in [5, 5.41) is 5.17. The number of phosphoric acid groups is 1. The minimum absolute atomic E-state index is 0. The van der Waals surface area contributed by atoms with Crippen LogP contribution in [0.15, 0.2) is 18.5 Å². The molecule has 0 radical (unpaired) electrons. The molecule has 4 rings (SSSR count). The van der Waals surface area contributed by atoms with Crippen LogP contribution in [0.3, 0.4) is 0 Å². The van der Waals surface area contributed by atoms with Gasteiger partial charge in [-0.15, -0.1) is 0 Å². The maximum Gasteiger partial charge on any atom is 1.00 e. The fraction of sp³-hybridized carbons (Fsp3) is 0.429. The van der Waals surface area contributed by atoms with Gasteiger partial charge < -0.3 is 33.9 Å². The Morgan fingerprint density at radius 3 is 2.57 bits per heavy atom. The van der Waals surface area contributed by atoms with Crippen molar-refractivity contribution in [1.82, 2.24) is 25.3 Å². The molecule has 1 atom stereocenters. The van der Waals surface area contributed by atoms with Crippen molar-refractivity contribution in [3.8, 4) is 11.1 Å². The van der Waals surface area contributed by atoms with Crippen molar-refractivity contribution in [2.45, 2.75) is 45.3 Å². The number of urea groups is 1. The first-order valence-electron chi connectivity index (χ1n) is 10.9. The molecule has 12 nitrogen and oxygen atoms in total. The Hall–Kier alpha value is -0.960. The second kappa shape index (κ2) is 12.9. The van der Waals surface area contributed by atoms with Crippen molar-refractivity contribution in [2.75, 3.05) is 18.5 Å². The molecule has 3 N–H and O–H groups in total. The number of anilines is 1. The average Bonchev–Trinajstić information content (AvgIpc) is 3.42. The van der Waals surface area contributed by atoms with Crippen LogP contribution >= 0.6 is 7.82 Å². The van der Waals surface area contributed by atoms with Gasteiger partial charge in [-0.2, -0.15) is 0 Å². The molecular weight excluding hydrogens is 528 g/mol. The van der Waals surface area contributed by atoms with Gasteiger partial charge in [-0.25, -0.2) is 24.1 Å². The number of carbonyl (C=O) groups excluding carboxylic acids is 1. The number of ether oxygens (including phenoxy) is 1. The van der Waals surface area contributed by atoms with E-state index in [0.29, 0.717) is 36.2 Å². The Balaban J connectivity index is 0.00000241. The summed E-state index contributed by atoms with van der Waals surface area (Å²) < 4.78 is 37.2. The quantitative estimate of drug-likeness (QED) is 0.196. The van der Waals surface area contributed by atoms with E-state index in [9.17, 15) is 19.1 Å². The number of aromatic amines is 1.